The molecule has 0 spiro atoms. The van der Waals surface area contributed by atoms with Crippen molar-refractivity contribution in [2.75, 3.05) is 19.7 Å². The second-order valence-corrected chi connectivity index (χ2v) is 7.01. The highest BCUT2D eigenvalue weighted by atomic mass is 16.5. The Morgan fingerprint density at radius 1 is 1.12 bits per heavy atom. The van der Waals surface area contributed by atoms with E-state index in [9.17, 15) is 0 Å². The van der Waals surface area contributed by atoms with Gasteiger partial charge in [0.25, 0.3) is 0 Å². The van der Waals surface area contributed by atoms with E-state index >= 15 is 0 Å². The monoisotopic (exact) mass is 338 g/mol. The van der Waals surface area contributed by atoms with Crippen LogP contribution in [0, 0.1) is 0 Å². The van der Waals surface area contributed by atoms with E-state index in [-0.39, 0.29) is 6.10 Å². The van der Waals surface area contributed by atoms with Gasteiger partial charge in [-0.1, -0.05) is 24.3 Å². The molecule has 25 heavy (non-hydrogen) atoms. The number of para-hydroxylation sites is 1. The lowest BCUT2D eigenvalue weighted by molar-refractivity contribution is -0.0333. The number of ether oxygens (including phenoxy) is 2. The molecule has 1 saturated heterocycles. The number of nitrogens with zero attached hydrogens (tertiary/aromatic N) is 2. The van der Waals surface area contributed by atoms with Crippen molar-refractivity contribution in [3.05, 3.63) is 59.9 Å². The van der Waals surface area contributed by atoms with Gasteiger partial charge in [-0.25, -0.2) is 0 Å². The molecule has 0 N–H and O–H groups in total. The van der Waals surface area contributed by atoms with Crippen molar-refractivity contribution in [3.8, 4) is 5.75 Å². The Labute approximate surface area is 149 Å². The maximum absolute atomic E-state index is 6.29. The first-order valence-electron chi connectivity index (χ1n) is 9.37. The third kappa shape index (κ3) is 4.20. The van der Waals surface area contributed by atoms with Gasteiger partial charge in [0.15, 0.2) is 0 Å². The standard InChI is InChI=1S/C21H26N2O2/c1-4-10-20(25-19-8-2-3-9-19)18(6-1)15-23-12-13-24-21(16-23)17-7-5-11-22-14-17/h1,4-7,10-11,14,19,21H,2-3,8-9,12-13,15-16H2/t21-/m0/s1. The van der Waals surface area contributed by atoms with Crippen molar-refractivity contribution in [2.45, 2.75) is 44.4 Å². The fraction of sp³-hybridized carbons (Fsp3) is 0.476. The number of aromatic nitrogens is 1. The predicted octanol–water partition coefficient (Wildman–Crippen LogP) is 3.98. The van der Waals surface area contributed by atoms with Crippen LogP contribution in [0.2, 0.25) is 0 Å². The molecule has 1 aliphatic carbocycles. The molecule has 4 rings (SSSR count). The molecule has 132 valence electrons. The first-order valence-corrected chi connectivity index (χ1v) is 9.37. The quantitative estimate of drug-likeness (QED) is 0.826. The van der Waals surface area contributed by atoms with Crippen LogP contribution in [0.3, 0.4) is 0 Å². The highest BCUT2D eigenvalue weighted by Gasteiger charge is 2.23. The average Bonchev–Trinajstić information content (AvgIpc) is 3.17. The Hall–Kier alpha value is -1.91. The third-order valence-corrected chi connectivity index (χ3v) is 5.17. The first kappa shape index (κ1) is 16.6. The van der Waals surface area contributed by atoms with E-state index in [0.29, 0.717) is 6.10 Å². The van der Waals surface area contributed by atoms with Gasteiger partial charge in [0.2, 0.25) is 0 Å². The highest BCUT2D eigenvalue weighted by Crippen LogP contribution is 2.29. The van der Waals surface area contributed by atoms with Crippen LogP contribution in [0.25, 0.3) is 0 Å². The summed E-state index contributed by atoms with van der Waals surface area (Å²) in [5.41, 5.74) is 2.43. The summed E-state index contributed by atoms with van der Waals surface area (Å²) in [6, 6.07) is 12.6. The minimum atomic E-state index is 0.102. The fourth-order valence-electron chi connectivity index (χ4n) is 3.79. The minimum absolute atomic E-state index is 0.102. The van der Waals surface area contributed by atoms with Gasteiger partial charge < -0.3 is 9.47 Å². The summed E-state index contributed by atoms with van der Waals surface area (Å²) < 4.78 is 12.2. The fourth-order valence-corrected chi connectivity index (χ4v) is 3.79. The van der Waals surface area contributed by atoms with Gasteiger partial charge in [-0.2, -0.15) is 0 Å². The summed E-state index contributed by atoms with van der Waals surface area (Å²) in [6.45, 7) is 3.51. The van der Waals surface area contributed by atoms with Gasteiger partial charge in [-0.3, -0.25) is 9.88 Å². The van der Waals surface area contributed by atoms with Gasteiger partial charge in [0.1, 0.15) is 5.75 Å². The predicted molar refractivity (Wildman–Crippen MR) is 97.5 cm³/mol. The molecule has 1 atom stereocenters. The summed E-state index contributed by atoms with van der Waals surface area (Å²) >= 11 is 0. The minimum Gasteiger partial charge on any atom is -0.490 e. The number of hydrogen-bond acceptors (Lipinski definition) is 4. The molecule has 2 aromatic rings. The van der Waals surface area contributed by atoms with Crippen molar-refractivity contribution in [3.63, 3.8) is 0 Å². The second kappa shape index (κ2) is 7.98. The van der Waals surface area contributed by atoms with Gasteiger partial charge in [-0.05, 0) is 37.8 Å². The first-order chi connectivity index (χ1) is 12.4. The number of morpholine rings is 1. The average molecular weight is 338 g/mol. The van der Waals surface area contributed by atoms with Crippen LogP contribution < -0.4 is 4.74 Å². The summed E-state index contributed by atoms with van der Waals surface area (Å²) in [5, 5.41) is 0. The van der Waals surface area contributed by atoms with Gasteiger partial charge in [0, 0.05) is 43.2 Å². The molecule has 1 aromatic carbocycles. The lowest BCUT2D eigenvalue weighted by Crippen LogP contribution is -2.38. The Kier molecular flexibility index (Phi) is 5.28. The van der Waals surface area contributed by atoms with Crippen LogP contribution in [-0.2, 0) is 11.3 Å². The number of benzene rings is 1. The Morgan fingerprint density at radius 2 is 2.00 bits per heavy atom. The molecule has 4 heteroatoms. The van der Waals surface area contributed by atoms with Gasteiger partial charge in [-0.15, -0.1) is 0 Å². The molecule has 2 aliphatic rings. The van der Waals surface area contributed by atoms with Crippen molar-refractivity contribution >= 4 is 0 Å². The van der Waals surface area contributed by atoms with Crippen molar-refractivity contribution in [1.29, 1.82) is 0 Å². The zero-order valence-electron chi connectivity index (χ0n) is 14.6. The number of hydrogen-bond donors (Lipinski definition) is 0. The smallest absolute Gasteiger partial charge is 0.124 e. The summed E-state index contributed by atoms with van der Waals surface area (Å²) in [5.74, 6) is 1.05. The Balaban J connectivity index is 1.43. The largest absolute Gasteiger partial charge is 0.490 e. The Morgan fingerprint density at radius 3 is 2.84 bits per heavy atom. The van der Waals surface area contributed by atoms with Crippen molar-refractivity contribution < 1.29 is 9.47 Å². The molecular weight excluding hydrogens is 312 g/mol. The molecule has 1 saturated carbocycles. The van der Waals surface area contributed by atoms with Crippen LogP contribution in [0.1, 0.15) is 42.9 Å². The normalized spacial score (nSPS) is 22.2. The summed E-state index contributed by atoms with van der Waals surface area (Å²) in [6.07, 6.45) is 9.18. The van der Waals surface area contributed by atoms with Crippen LogP contribution in [0.5, 0.6) is 5.75 Å². The van der Waals surface area contributed by atoms with Gasteiger partial charge in [0.05, 0.1) is 18.8 Å². The van der Waals surface area contributed by atoms with Crippen LogP contribution in [0.4, 0.5) is 0 Å². The second-order valence-electron chi connectivity index (χ2n) is 7.01. The maximum Gasteiger partial charge on any atom is 0.124 e. The summed E-state index contributed by atoms with van der Waals surface area (Å²) in [4.78, 5) is 6.68. The maximum atomic E-state index is 6.29. The van der Waals surface area contributed by atoms with E-state index in [4.69, 9.17) is 9.47 Å². The third-order valence-electron chi connectivity index (χ3n) is 5.17. The topological polar surface area (TPSA) is 34.6 Å². The lowest BCUT2D eigenvalue weighted by Gasteiger charge is -2.33. The SMILES string of the molecule is c1cncc([C@@H]2CN(Cc3ccccc3OC3CCCC3)CCO2)c1. The number of pyridine rings is 1. The molecule has 1 aromatic heterocycles. The van der Waals surface area contributed by atoms with E-state index in [1.165, 1.54) is 31.2 Å². The zero-order valence-corrected chi connectivity index (χ0v) is 14.6. The molecular formula is C21H26N2O2. The highest BCUT2D eigenvalue weighted by molar-refractivity contribution is 5.33. The molecule has 0 radical (unpaired) electrons. The molecule has 2 heterocycles. The lowest BCUT2D eigenvalue weighted by atomic mass is 10.1. The Bertz CT molecular complexity index is 671. The molecule has 2 fully saturated rings. The van der Waals surface area contributed by atoms with Gasteiger partial charge >= 0.3 is 0 Å². The number of rotatable bonds is 5. The van der Waals surface area contributed by atoms with E-state index in [1.807, 2.05) is 12.3 Å². The molecule has 0 amide bonds. The van der Waals surface area contributed by atoms with Crippen LogP contribution >= 0.6 is 0 Å². The van der Waals surface area contributed by atoms with Crippen LogP contribution in [-0.4, -0.2) is 35.7 Å². The van der Waals surface area contributed by atoms with E-state index in [1.54, 1.807) is 6.20 Å². The van der Waals surface area contributed by atoms with E-state index in [2.05, 4.69) is 40.2 Å². The van der Waals surface area contributed by atoms with Crippen molar-refractivity contribution in [1.82, 2.24) is 9.88 Å². The van der Waals surface area contributed by atoms with Crippen molar-refractivity contribution in [2.24, 2.45) is 0 Å². The summed E-state index contributed by atoms with van der Waals surface area (Å²) in [7, 11) is 0. The molecule has 4 nitrogen and oxygen atoms in total. The van der Waals surface area contributed by atoms with E-state index in [0.717, 1.165) is 37.6 Å². The van der Waals surface area contributed by atoms with Crippen LogP contribution in [0.15, 0.2) is 48.8 Å². The molecule has 0 bridgehead atoms. The molecule has 0 unspecified atom stereocenters. The van der Waals surface area contributed by atoms with E-state index < -0.39 is 0 Å². The molecule has 1 aliphatic heterocycles. The zero-order chi connectivity index (χ0) is 16.9.